The van der Waals surface area contributed by atoms with Crippen LogP contribution in [0.5, 0.6) is 0 Å². The fourth-order valence-corrected chi connectivity index (χ4v) is 2.55. The lowest BCUT2D eigenvalue weighted by Crippen LogP contribution is -2.15. The van der Waals surface area contributed by atoms with Gasteiger partial charge in [-0.05, 0) is 31.9 Å². The number of carbonyl (C=O) groups excluding carboxylic acids is 2. The lowest BCUT2D eigenvalue weighted by molar-refractivity contribution is 0.0450. The second-order valence-corrected chi connectivity index (χ2v) is 6.44. The van der Waals surface area contributed by atoms with Gasteiger partial charge in [0.25, 0.3) is 0 Å². The highest BCUT2D eigenvalue weighted by molar-refractivity contribution is 6.03. The summed E-state index contributed by atoms with van der Waals surface area (Å²) >= 11 is 0. The molecule has 0 N–H and O–H groups in total. The molecule has 0 aromatic heterocycles. The van der Waals surface area contributed by atoms with Crippen molar-refractivity contribution in [3.63, 3.8) is 0 Å². The second kappa shape index (κ2) is 12.5. The average Bonchev–Trinajstić information content (AvgIpc) is 2.61. The Kier molecular flexibility index (Phi) is 10.6. The fraction of sp³-hybridized carbons (Fsp3) is 0.619. The first-order valence-electron chi connectivity index (χ1n) is 9.55. The number of ether oxygens (including phenoxy) is 2. The average molecular weight is 348 g/mol. The summed E-state index contributed by atoms with van der Waals surface area (Å²) in [5.74, 6) is -0.896. The van der Waals surface area contributed by atoms with Gasteiger partial charge < -0.3 is 9.47 Å². The van der Waals surface area contributed by atoms with Gasteiger partial charge in [0.15, 0.2) is 0 Å². The summed E-state index contributed by atoms with van der Waals surface area (Å²) in [6, 6.07) is 5.16. The highest BCUT2D eigenvalue weighted by Gasteiger charge is 2.19. The van der Waals surface area contributed by atoms with Crippen molar-refractivity contribution in [2.75, 3.05) is 13.2 Å². The Balaban J connectivity index is 2.61. The minimum atomic E-state index is -0.450. The van der Waals surface area contributed by atoms with Crippen LogP contribution in [0, 0.1) is 6.92 Å². The van der Waals surface area contributed by atoms with E-state index in [9.17, 15) is 9.59 Å². The number of carbonyl (C=O) groups is 2. The van der Waals surface area contributed by atoms with Crippen LogP contribution in [0.3, 0.4) is 0 Å². The molecule has 0 amide bonds. The Morgan fingerprint density at radius 3 is 1.80 bits per heavy atom. The van der Waals surface area contributed by atoms with E-state index < -0.39 is 11.9 Å². The first kappa shape index (κ1) is 21.2. The van der Waals surface area contributed by atoms with Crippen LogP contribution in [0.1, 0.15) is 91.5 Å². The highest BCUT2D eigenvalue weighted by Crippen LogP contribution is 2.15. The molecule has 0 aliphatic carbocycles. The van der Waals surface area contributed by atoms with Crippen LogP contribution < -0.4 is 0 Å². The Morgan fingerprint density at radius 1 is 0.760 bits per heavy atom. The van der Waals surface area contributed by atoms with E-state index in [0.29, 0.717) is 24.3 Å². The maximum Gasteiger partial charge on any atom is 0.339 e. The van der Waals surface area contributed by atoms with Crippen LogP contribution in [0.15, 0.2) is 18.2 Å². The third-order valence-electron chi connectivity index (χ3n) is 4.08. The van der Waals surface area contributed by atoms with Crippen LogP contribution in [-0.4, -0.2) is 25.2 Å². The molecule has 0 saturated carbocycles. The van der Waals surface area contributed by atoms with Crippen LogP contribution in [0.4, 0.5) is 0 Å². The second-order valence-electron chi connectivity index (χ2n) is 6.44. The molecule has 0 spiro atoms. The molecule has 0 atom stereocenters. The van der Waals surface area contributed by atoms with Gasteiger partial charge in [-0.1, -0.05) is 64.0 Å². The van der Waals surface area contributed by atoms with Crippen molar-refractivity contribution >= 4 is 11.9 Å². The Morgan fingerprint density at radius 2 is 1.28 bits per heavy atom. The zero-order valence-corrected chi connectivity index (χ0v) is 15.9. The minimum absolute atomic E-state index is 0.291. The maximum atomic E-state index is 12.3. The van der Waals surface area contributed by atoms with E-state index in [1.165, 1.54) is 0 Å². The molecule has 0 aliphatic rings. The summed E-state index contributed by atoms with van der Waals surface area (Å²) in [4.78, 5) is 24.6. The summed E-state index contributed by atoms with van der Waals surface area (Å²) in [5.41, 5.74) is 1.51. The monoisotopic (exact) mass is 348 g/mol. The SMILES string of the molecule is CCCCCCOC(=O)c1ccc(C)cc1C(=O)OCCCCCC. The van der Waals surface area contributed by atoms with E-state index in [2.05, 4.69) is 13.8 Å². The van der Waals surface area contributed by atoms with Gasteiger partial charge in [0, 0.05) is 0 Å². The molecule has 25 heavy (non-hydrogen) atoms. The first-order valence-corrected chi connectivity index (χ1v) is 9.55. The van der Waals surface area contributed by atoms with Gasteiger partial charge in [-0.25, -0.2) is 9.59 Å². The number of esters is 2. The lowest BCUT2D eigenvalue weighted by Gasteiger charge is -2.11. The topological polar surface area (TPSA) is 52.6 Å². The molecule has 0 bridgehead atoms. The molecule has 0 saturated heterocycles. The van der Waals surface area contributed by atoms with Gasteiger partial charge in [0.2, 0.25) is 0 Å². The molecule has 4 heteroatoms. The molecule has 0 aliphatic heterocycles. The number of hydrogen-bond acceptors (Lipinski definition) is 4. The quantitative estimate of drug-likeness (QED) is 0.371. The van der Waals surface area contributed by atoms with Gasteiger partial charge in [-0.15, -0.1) is 0 Å². The standard InChI is InChI=1S/C21H32O4/c1-4-6-8-10-14-24-20(22)18-13-12-17(3)16-19(18)21(23)25-15-11-9-7-5-2/h12-13,16H,4-11,14-15H2,1-3H3. The molecule has 1 rings (SSSR count). The van der Waals surface area contributed by atoms with Gasteiger partial charge in [-0.3, -0.25) is 0 Å². The molecule has 4 nitrogen and oxygen atoms in total. The van der Waals surface area contributed by atoms with E-state index in [1.54, 1.807) is 12.1 Å². The maximum absolute atomic E-state index is 12.3. The molecule has 1 aromatic rings. The van der Waals surface area contributed by atoms with Gasteiger partial charge in [0.05, 0.1) is 24.3 Å². The van der Waals surface area contributed by atoms with E-state index in [0.717, 1.165) is 56.9 Å². The predicted molar refractivity (Wildman–Crippen MR) is 100 cm³/mol. The summed E-state index contributed by atoms with van der Waals surface area (Å²) < 4.78 is 10.6. The molecule has 0 radical (unpaired) electrons. The van der Waals surface area contributed by atoms with Crippen molar-refractivity contribution in [2.24, 2.45) is 0 Å². The molecule has 0 heterocycles. The van der Waals surface area contributed by atoms with Gasteiger partial charge in [-0.2, -0.15) is 0 Å². The highest BCUT2D eigenvalue weighted by atomic mass is 16.5. The number of aryl methyl sites for hydroxylation is 1. The van der Waals surface area contributed by atoms with Gasteiger partial charge >= 0.3 is 11.9 Å². The summed E-state index contributed by atoms with van der Waals surface area (Å²) in [6.07, 6.45) is 8.34. The molecule has 1 aromatic carbocycles. The molecule has 0 fully saturated rings. The Labute approximate surface area is 151 Å². The van der Waals surface area contributed by atoms with Crippen molar-refractivity contribution < 1.29 is 19.1 Å². The number of hydrogen-bond donors (Lipinski definition) is 0. The fourth-order valence-electron chi connectivity index (χ4n) is 2.55. The number of benzene rings is 1. The third-order valence-corrected chi connectivity index (χ3v) is 4.08. The van der Waals surface area contributed by atoms with Crippen molar-refractivity contribution in [2.45, 2.75) is 72.1 Å². The number of rotatable bonds is 12. The van der Waals surface area contributed by atoms with Crippen molar-refractivity contribution in [3.8, 4) is 0 Å². The smallest absolute Gasteiger partial charge is 0.339 e. The summed E-state index contributed by atoms with van der Waals surface area (Å²) in [5, 5.41) is 0. The molecule has 0 unspecified atom stereocenters. The van der Waals surface area contributed by atoms with E-state index in [1.807, 2.05) is 13.0 Å². The Bertz CT molecular complexity index is 537. The van der Waals surface area contributed by atoms with Crippen molar-refractivity contribution in [1.82, 2.24) is 0 Å². The minimum Gasteiger partial charge on any atom is -0.462 e. The van der Waals surface area contributed by atoms with E-state index in [4.69, 9.17) is 9.47 Å². The van der Waals surface area contributed by atoms with Crippen molar-refractivity contribution in [3.05, 3.63) is 34.9 Å². The van der Waals surface area contributed by atoms with Crippen LogP contribution in [0.25, 0.3) is 0 Å². The van der Waals surface area contributed by atoms with Crippen molar-refractivity contribution in [1.29, 1.82) is 0 Å². The molecule has 140 valence electrons. The lowest BCUT2D eigenvalue weighted by atomic mass is 10.0. The van der Waals surface area contributed by atoms with Gasteiger partial charge in [0.1, 0.15) is 0 Å². The summed E-state index contributed by atoms with van der Waals surface area (Å²) in [6.45, 7) is 6.94. The zero-order valence-electron chi connectivity index (χ0n) is 15.9. The predicted octanol–water partition coefficient (Wildman–Crippen LogP) is 5.47. The van der Waals surface area contributed by atoms with Crippen LogP contribution in [-0.2, 0) is 9.47 Å². The normalized spacial score (nSPS) is 10.5. The first-order chi connectivity index (χ1) is 12.1. The third kappa shape index (κ3) is 8.19. The van der Waals surface area contributed by atoms with E-state index >= 15 is 0 Å². The molecular weight excluding hydrogens is 316 g/mol. The zero-order chi connectivity index (χ0) is 18.5. The largest absolute Gasteiger partial charge is 0.462 e. The number of unbranched alkanes of at least 4 members (excludes halogenated alkanes) is 6. The summed E-state index contributed by atoms with van der Waals surface area (Å²) in [7, 11) is 0. The van der Waals surface area contributed by atoms with E-state index in [-0.39, 0.29) is 0 Å². The Hall–Kier alpha value is -1.84. The van der Waals surface area contributed by atoms with Crippen LogP contribution in [0.2, 0.25) is 0 Å². The molecular formula is C21H32O4. The van der Waals surface area contributed by atoms with Crippen LogP contribution >= 0.6 is 0 Å².